The van der Waals surface area contributed by atoms with Crippen LogP contribution < -0.4 is 5.32 Å². The molecular weight excluding hydrogens is 364 g/mol. The zero-order valence-corrected chi connectivity index (χ0v) is 15.4. The van der Waals surface area contributed by atoms with Crippen molar-refractivity contribution < 1.29 is 4.79 Å². The lowest BCUT2D eigenvalue weighted by Crippen LogP contribution is -2.23. The molecule has 0 bridgehead atoms. The second kappa shape index (κ2) is 7.38. The Morgan fingerprint density at radius 1 is 1.42 bits per heavy atom. The molecule has 3 rings (SSSR count). The van der Waals surface area contributed by atoms with Gasteiger partial charge in [0.25, 0.3) is 0 Å². The third-order valence-corrected chi connectivity index (χ3v) is 5.40. The molecule has 3 aromatic rings. The summed E-state index contributed by atoms with van der Waals surface area (Å²) in [5.41, 5.74) is 1.68. The number of amides is 1. The number of hydrogen-bond donors (Lipinski definition) is 2. The van der Waals surface area contributed by atoms with E-state index in [9.17, 15) is 4.79 Å². The molecule has 0 saturated heterocycles. The monoisotopic (exact) mass is 378 g/mol. The molecule has 0 aliphatic carbocycles. The minimum absolute atomic E-state index is 0.118. The van der Waals surface area contributed by atoms with Crippen LogP contribution in [0.4, 0.5) is 5.69 Å². The second-order valence-electron chi connectivity index (χ2n) is 5.15. The molecule has 2 aromatic heterocycles. The van der Waals surface area contributed by atoms with Gasteiger partial charge in [-0.25, -0.2) is 4.98 Å². The van der Waals surface area contributed by atoms with Crippen LogP contribution in [0.2, 0.25) is 5.02 Å². The highest BCUT2D eigenvalue weighted by Gasteiger charge is 2.18. The van der Waals surface area contributed by atoms with Crippen molar-refractivity contribution in [2.45, 2.75) is 24.3 Å². The van der Waals surface area contributed by atoms with Crippen LogP contribution in [0.15, 0.2) is 40.9 Å². The molecular formula is C16H15ClN4OS2. The molecule has 0 fully saturated rings. The van der Waals surface area contributed by atoms with E-state index in [1.807, 2.05) is 37.4 Å². The van der Waals surface area contributed by atoms with E-state index in [4.69, 9.17) is 11.6 Å². The average Bonchev–Trinajstić information content (AvgIpc) is 3.21. The number of nitrogens with one attached hydrogen (secondary N) is 2. The molecule has 1 aromatic carbocycles. The summed E-state index contributed by atoms with van der Waals surface area (Å²) in [4.78, 5) is 17.8. The van der Waals surface area contributed by atoms with Gasteiger partial charge in [-0.3, -0.25) is 9.89 Å². The maximum absolute atomic E-state index is 12.4. The number of halogens is 1. The van der Waals surface area contributed by atoms with Crippen molar-refractivity contribution in [1.82, 2.24) is 15.2 Å². The number of aromatic amines is 1. The van der Waals surface area contributed by atoms with Gasteiger partial charge in [-0.1, -0.05) is 35.5 Å². The van der Waals surface area contributed by atoms with Crippen LogP contribution in [0.3, 0.4) is 0 Å². The SMILES string of the molecule is Cc1ccc(Cl)cc1NC(=O)[C@H](C)Sc1n[nH]c(-c2cccs2)n1. The van der Waals surface area contributed by atoms with Crippen LogP contribution in [-0.2, 0) is 4.79 Å². The number of thioether (sulfide) groups is 1. The van der Waals surface area contributed by atoms with Gasteiger partial charge >= 0.3 is 0 Å². The topological polar surface area (TPSA) is 70.7 Å². The molecule has 0 spiro atoms. The highest BCUT2D eigenvalue weighted by molar-refractivity contribution is 8.00. The first-order chi connectivity index (χ1) is 11.5. The predicted octanol–water partition coefficient (Wildman–Crippen LogP) is 4.61. The van der Waals surface area contributed by atoms with E-state index in [-0.39, 0.29) is 11.2 Å². The lowest BCUT2D eigenvalue weighted by atomic mass is 10.2. The van der Waals surface area contributed by atoms with Crippen molar-refractivity contribution in [3.8, 4) is 10.7 Å². The van der Waals surface area contributed by atoms with Crippen LogP contribution >= 0.6 is 34.7 Å². The summed E-state index contributed by atoms with van der Waals surface area (Å²) < 4.78 is 0. The van der Waals surface area contributed by atoms with E-state index in [2.05, 4.69) is 20.5 Å². The van der Waals surface area contributed by atoms with Crippen molar-refractivity contribution in [2.24, 2.45) is 0 Å². The van der Waals surface area contributed by atoms with Gasteiger partial charge in [-0.15, -0.1) is 16.4 Å². The molecule has 0 radical (unpaired) electrons. The van der Waals surface area contributed by atoms with Crippen LogP contribution in [0, 0.1) is 6.92 Å². The molecule has 124 valence electrons. The summed E-state index contributed by atoms with van der Waals surface area (Å²) in [5, 5.41) is 12.7. The first-order valence-electron chi connectivity index (χ1n) is 7.23. The van der Waals surface area contributed by atoms with E-state index < -0.39 is 0 Å². The maximum Gasteiger partial charge on any atom is 0.237 e. The zero-order chi connectivity index (χ0) is 17.1. The van der Waals surface area contributed by atoms with Crippen molar-refractivity contribution in [2.75, 3.05) is 5.32 Å². The van der Waals surface area contributed by atoms with Crippen molar-refractivity contribution in [1.29, 1.82) is 0 Å². The molecule has 2 N–H and O–H groups in total. The zero-order valence-electron chi connectivity index (χ0n) is 13.0. The number of nitrogens with zero attached hydrogens (tertiary/aromatic N) is 2. The number of carbonyl (C=O) groups is 1. The molecule has 1 atom stereocenters. The fourth-order valence-corrected chi connectivity index (χ4v) is 3.56. The van der Waals surface area contributed by atoms with Gasteiger partial charge in [0, 0.05) is 10.7 Å². The highest BCUT2D eigenvalue weighted by atomic mass is 35.5. The fourth-order valence-electron chi connectivity index (χ4n) is 2.00. The Kier molecular flexibility index (Phi) is 5.23. The third kappa shape index (κ3) is 3.98. The van der Waals surface area contributed by atoms with E-state index in [0.717, 1.165) is 10.4 Å². The number of anilines is 1. The fraction of sp³-hybridized carbons (Fsp3) is 0.188. The molecule has 24 heavy (non-hydrogen) atoms. The van der Waals surface area contributed by atoms with Gasteiger partial charge in [0.15, 0.2) is 5.82 Å². The van der Waals surface area contributed by atoms with E-state index >= 15 is 0 Å². The van der Waals surface area contributed by atoms with Crippen LogP contribution in [-0.4, -0.2) is 26.3 Å². The molecule has 2 heterocycles. The van der Waals surface area contributed by atoms with Crippen molar-refractivity contribution in [3.05, 3.63) is 46.3 Å². The number of aryl methyl sites for hydroxylation is 1. The second-order valence-corrected chi connectivity index (χ2v) is 7.84. The first-order valence-corrected chi connectivity index (χ1v) is 9.36. The predicted molar refractivity (Wildman–Crippen MR) is 99.8 cm³/mol. The van der Waals surface area contributed by atoms with Gasteiger partial charge in [-0.2, -0.15) is 0 Å². The van der Waals surface area contributed by atoms with Crippen molar-refractivity contribution >= 4 is 46.3 Å². The molecule has 0 aliphatic rings. The quantitative estimate of drug-likeness (QED) is 0.636. The molecule has 8 heteroatoms. The average molecular weight is 379 g/mol. The lowest BCUT2D eigenvalue weighted by molar-refractivity contribution is -0.115. The lowest BCUT2D eigenvalue weighted by Gasteiger charge is -2.12. The Hall–Kier alpha value is -1.83. The number of thiophene rings is 1. The van der Waals surface area contributed by atoms with E-state index in [1.165, 1.54) is 11.8 Å². The summed E-state index contributed by atoms with van der Waals surface area (Å²) in [7, 11) is 0. The smallest absolute Gasteiger partial charge is 0.237 e. The minimum Gasteiger partial charge on any atom is -0.325 e. The Morgan fingerprint density at radius 2 is 2.25 bits per heavy atom. The summed E-state index contributed by atoms with van der Waals surface area (Å²) >= 11 is 8.87. The summed E-state index contributed by atoms with van der Waals surface area (Å²) in [6, 6.07) is 9.34. The third-order valence-electron chi connectivity index (χ3n) is 3.33. The largest absolute Gasteiger partial charge is 0.325 e. The van der Waals surface area contributed by atoms with Gasteiger partial charge in [0.1, 0.15) is 0 Å². The first kappa shape index (κ1) is 17.0. The van der Waals surface area contributed by atoms with Crippen molar-refractivity contribution in [3.63, 3.8) is 0 Å². The van der Waals surface area contributed by atoms with Crippen LogP contribution in [0.5, 0.6) is 0 Å². The number of rotatable bonds is 5. The Balaban J connectivity index is 1.65. The van der Waals surface area contributed by atoms with Gasteiger partial charge in [-0.05, 0) is 43.0 Å². The molecule has 1 amide bonds. The highest BCUT2D eigenvalue weighted by Crippen LogP contribution is 2.26. The number of aromatic nitrogens is 3. The summed E-state index contributed by atoms with van der Waals surface area (Å²) in [5.74, 6) is 0.596. The van der Waals surface area contributed by atoms with E-state index in [0.29, 0.717) is 21.7 Å². The Labute approximate surface area is 152 Å². The van der Waals surface area contributed by atoms with E-state index in [1.54, 1.807) is 23.5 Å². The van der Waals surface area contributed by atoms with Gasteiger partial charge in [0.05, 0.1) is 10.1 Å². The molecule has 0 aliphatic heterocycles. The summed E-state index contributed by atoms with van der Waals surface area (Å²) in [6.07, 6.45) is 0. The standard InChI is InChI=1S/C16H15ClN4OS2/c1-9-5-6-11(17)8-12(9)18-15(22)10(2)24-16-19-14(20-21-16)13-4-3-7-23-13/h3-8,10H,1-2H3,(H,18,22)(H,19,20,21)/t10-/m0/s1. The Morgan fingerprint density at radius 3 is 3.00 bits per heavy atom. The molecule has 5 nitrogen and oxygen atoms in total. The number of H-pyrrole nitrogens is 1. The van der Waals surface area contributed by atoms with Crippen LogP contribution in [0.1, 0.15) is 12.5 Å². The number of hydrogen-bond acceptors (Lipinski definition) is 5. The van der Waals surface area contributed by atoms with Gasteiger partial charge < -0.3 is 5.32 Å². The maximum atomic E-state index is 12.4. The molecule has 0 saturated carbocycles. The van der Waals surface area contributed by atoms with Gasteiger partial charge in [0.2, 0.25) is 11.1 Å². The minimum atomic E-state index is -0.338. The van der Waals surface area contributed by atoms with Crippen LogP contribution in [0.25, 0.3) is 10.7 Å². The number of benzene rings is 1. The molecule has 0 unspecified atom stereocenters. The summed E-state index contributed by atoms with van der Waals surface area (Å²) in [6.45, 7) is 3.74. The Bertz CT molecular complexity index is 848. The normalized spacial score (nSPS) is 12.1. The number of carbonyl (C=O) groups excluding carboxylic acids is 1.